The van der Waals surface area contributed by atoms with Gasteiger partial charge in [0, 0.05) is 24.7 Å². The second kappa shape index (κ2) is 7.21. The minimum Gasteiger partial charge on any atom is -0.454 e. The van der Waals surface area contributed by atoms with Crippen LogP contribution in [0.1, 0.15) is 33.6 Å². The summed E-state index contributed by atoms with van der Waals surface area (Å²) in [6.07, 6.45) is 0.341. The fraction of sp³-hybridized carbons (Fsp3) is 0.500. The minimum absolute atomic E-state index is 0.130. The number of anilines is 1. The fourth-order valence-electron chi connectivity index (χ4n) is 1.95. The summed E-state index contributed by atoms with van der Waals surface area (Å²) < 4.78 is 15.6. The Labute approximate surface area is 135 Å². The average Bonchev–Trinajstić information content (AvgIpc) is 2.89. The Bertz CT molecular complexity index is 580. The van der Waals surface area contributed by atoms with Gasteiger partial charge in [-0.05, 0) is 39.3 Å². The maximum atomic E-state index is 11.9. The molecule has 2 amide bonds. The summed E-state index contributed by atoms with van der Waals surface area (Å²) in [6, 6.07) is 5.23. The van der Waals surface area contributed by atoms with Crippen molar-refractivity contribution in [2.45, 2.75) is 39.2 Å². The van der Waals surface area contributed by atoms with Crippen LogP contribution in [0, 0.1) is 0 Å². The smallest absolute Gasteiger partial charge is 0.407 e. The van der Waals surface area contributed by atoms with E-state index in [9.17, 15) is 9.59 Å². The number of hydrogen-bond acceptors (Lipinski definition) is 5. The Balaban J connectivity index is 1.67. The largest absolute Gasteiger partial charge is 0.454 e. The van der Waals surface area contributed by atoms with Crippen molar-refractivity contribution >= 4 is 17.7 Å². The van der Waals surface area contributed by atoms with Crippen molar-refractivity contribution in [3.63, 3.8) is 0 Å². The zero-order valence-electron chi connectivity index (χ0n) is 13.6. The van der Waals surface area contributed by atoms with Gasteiger partial charge in [-0.15, -0.1) is 0 Å². The predicted molar refractivity (Wildman–Crippen MR) is 84.7 cm³/mol. The summed E-state index contributed by atoms with van der Waals surface area (Å²) in [6.45, 7) is 5.97. The SMILES string of the molecule is CC(C)(C)OC(=O)NCCCC(=O)Nc1ccc2c(c1)OCO2. The molecular formula is C16H22N2O5. The maximum Gasteiger partial charge on any atom is 0.407 e. The molecule has 1 aromatic rings. The lowest BCUT2D eigenvalue weighted by molar-refractivity contribution is -0.116. The Kier molecular flexibility index (Phi) is 5.31. The molecule has 23 heavy (non-hydrogen) atoms. The van der Waals surface area contributed by atoms with Crippen molar-refractivity contribution in [2.24, 2.45) is 0 Å². The van der Waals surface area contributed by atoms with Crippen molar-refractivity contribution in [3.05, 3.63) is 18.2 Å². The molecule has 1 aromatic carbocycles. The highest BCUT2D eigenvalue weighted by Crippen LogP contribution is 2.34. The summed E-state index contributed by atoms with van der Waals surface area (Å²) in [5.41, 5.74) is 0.125. The topological polar surface area (TPSA) is 85.9 Å². The number of ether oxygens (including phenoxy) is 3. The van der Waals surface area contributed by atoms with Crippen LogP contribution in [0.25, 0.3) is 0 Å². The second-order valence-electron chi connectivity index (χ2n) is 6.15. The zero-order chi connectivity index (χ0) is 16.9. The highest BCUT2D eigenvalue weighted by atomic mass is 16.7. The predicted octanol–water partition coefficient (Wildman–Crippen LogP) is 2.66. The summed E-state index contributed by atoms with van der Waals surface area (Å²) in [5, 5.41) is 5.39. The van der Waals surface area contributed by atoms with Gasteiger partial charge in [-0.1, -0.05) is 0 Å². The lowest BCUT2D eigenvalue weighted by atomic mass is 10.2. The molecule has 0 atom stereocenters. The number of amides is 2. The number of hydrogen-bond donors (Lipinski definition) is 2. The van der Waals surface area contributed by atoms with Crippen LogP contribution in [0.2, 0.25) is 0 Å². The summed E-state index contributed by atoms with van der Waals surface area (Å²) in [4.78, 5) is 23.3. The lowest BCUT2D eigenvalue weighted by Crippen LogP contribution is -2.33. The molecule has 0 bridgehead atoms. The number of alkyl carbamates (subject to hydrolysis) is 1. The van der Waals surface area contributed by atoms with Crippen LogP contribution in [0.3, 0.4) is 0 Å². The Morgan fingerprint density at radius 2 is 1.96 bits per heavy atom. The van der Waals surface area contributed by atoms with Crippen molar-refractivity contribution < 1.29 is 23.8 Å². The van der Waals surface area contributed by atoms with E-state index in [1.807, 2.05) is 0 Å². The van der Waals surface area contributed by atoms with Crippen LogP contribution in [-0.2, 0) is 9.53 Å². The van der Waals surface area contributed by atoms with E-state index in [1.54, 1.807) is 39.0 Å². The van der Waals surface area contributed by atoms with Gasteiger partial charge in [-0.2, -0.15) is 0 Å². The van der Waals surface area contributed by atoms with Crippen LogP contribution < -0.4 is 20.1 Å². The van der Waals surface area contributed by atoms with Crippen molar-refractivity contribution in [1.82, 2.24) is 5.32 Å². The molecule has 0 spiro atoms. The number of benzene rings is 1. The highest BCUT2D eigenvalue weighted by Gasteiger charge is 2.16. The standard InChI is InChI=1S/C16H22N2O5/c1-16(2,3)23-15(20)17-8-4-5-14(19)18-11-6-7-12-13(9-11)22-10-21-12/h6-7,9H,4-5,8,10H2,1-3H3,(H,17,20)(H,18,19). The molecule has 0 unspecified atom stereocenters. The first-order chi connectivity index (χ1) is 10.8. The van der Waals surface area contributed by atoms with Crippen LogP contribution in [0.4, 0.5) is 10.5 Å². The molecule has 2 N–H and O–H groups in total. The fourth-order valence-corrected chi connectivity index (χ4v) is 1.95. The van der Waals surface area contributed by atoms with Crippen LogP contribution in [0.15, 0.2) is 18.2 Å². The van der Waals surface area contributed by atoms with Crippen LogP contribution in [-0.4, -0.2) is 30.9 Å². The van der Waals surface area contributed by atoms with Crippen molar-refractivity contribution in [1.29, 1.82) is 0 Å². The molecule has 0 radical (unpaired) electrons. The van der Waals surface area contributed by atoms with Gasteiger partial charge >= 0.3 is 6.09 Å². The average molecular weight is 322 g/mol. The van der Waals surface area contributed by atoms with Gasteiger partial charge in [0.1, 0.15) is 5.60 Å². The first kappa shape index (κ1) is 16.9. The first-order valence-corrected chi connectivity index (χ1v) is 7.50. The molecular weight excluding hydrogens is 300 g/mol. The van der Waals surface area contributed by atoms with Crippen molar-refractivity contribution in [2.75, 3.05) is 18.7 Å². The molecule has 2 rings (SSSR count). The summed E-state index contributed by atoms with van der Waals surface area (Å²) in [7, 11) is 0. The monoisotopic (exact) mass is 322 g/mol. The van der Waals surface area contributed by atoms with Gasteiger partial charge in [-0.25, -0.2) is 4.79 Å². The molecule has 7 nitrogen and oxygen atoms in total. The van der Waals surface area contributed by atoms with Gasteiger partial charge in [0.15, 0.2) is 11.5 Å². The number of carbonyl (C=O) groups excluding carboxylic acids is 2. The Hall–Kier alpha value is -2.44. The number of rotatable bonds is 5. The van der Waals surface area contributed by atoms with E-state index in [0.29, 0.717) is 36.6 Å². The van der Waals surface area contributed by atoms with E-state index in [2.05, 4.69) is 10.6 Å². The number of fused-ring (bicyclic) bond motifs is 1. The van der Waals surface area contributed by atoms with E-state index < -0.39 is 11.7 Å². The van der Waals surface area contributed by atoms with E-state index in [1.165, 1.54) is 0 Å². The van der Waals surface area contributed by atoms with E-state index in [4.69, 9.17) is 14.2 Å². The molecule has 0 aliphatic carbocycles. The Morgan fingerprint density at radius 1 is 1.22 bits per heavy atom. The molecule has 1 aliphatic heterocycles. The molecule has 7 heteroatoms. The first-order valence-electron chi connectivity index (χ1n) is 7.50. The number of nitrogens with one attached hydrogen (secondary N) is 2. The number of carbonyl (C=O) groups is 2. The van der Waals surface area contributed by atoms with Gasteiger partial charge in [0.25, 0.3) is 0 Å². The Morgan fingerprint density at radius 3 is 2.70 bits per heavy atom. The molecule has 0 saturated heterocycles. The zero-order valence-corrected chi connectivity index (χ0v) is 13.6. The van der Waals surface area contributed by atoms with Gasteiger partial charge in [0.2, 0.25) is 12.7 Å². The molecule has 1 heterocycles. The molecule has 1 aliphatic rings. The van der Waals surface area contributed by atoms with E-state index in [-0.39, 0.29) is 12.7 Å². The molecule has 126 valence electrons. The van der Waals surface area contributed by atoms with Gasteiger partial charge < -0.3 is 24.8 Å². The second-order valence-corrected chi connectivity index (χ2v) is 6.15. The summed E-state index contributed by atoms with van der Waals surface area (Å²) >= 11 is 0. The molecule has 0 aromatic heterocycles. The third-order valence-electron chi connectivity index (χ3n) is 2.91. The van der Waals surface area contributed by atoms with Gasteiger partial charge in [0.05, 0.1) is 0 Å². The maximum absolute atomic E-state index is 11.9. The normalized spacial score (nSPS) is 12.7. The van der Waals surface area contributed by atoms with E-state index in [0.717, 1.165) is 0 Å². The highest BCUT2D eigenvalue weighted by molar-refractivity contribution is 5.91. The third kappa shape index (κ3) is 5.69. The quantitative estimate of drug-likeness (QED) is 0.814. The lowest BCUT2D eigenvalue weighted by Gasteiger charge is -2.19. The summed E-state index contributed by atoms with van der Waals surface area (Å²) in [5.74, 6) is 1.16. The van der Waals surface area contributed by atoms with E-state index >= 15 is 0 Å². The van der Waals surface area contributed by atoms with Crippen molar-refractivity contribution in [3.8, 4) is 11.5 Å². The van der Waals surface area contributed by atoms with Crippen LogP contribution >= 0.6 is 0 Å². The molecule has 0 fully saturated rings. The third-order valence-corrected chi connectivity index (χ3v) is 2.91. The minimum atomic E-state index is -0.527. The van der Waals surface area contributed by atoms with Crippen LogP contribution in [0.5, 0.6) is 11.5 Å². The molecule has 0 saturated carbocycles. The van der Waals surface area contributed by atoms with Gasteiger partial charge in [-0.3, -0.25) is 4.79 Å².